The summed E-state index contributed by atoms with van der Waals surface area (Å²) in [6.07, 6.45) is -10.6. The van der Waals surface area contributed by atoms with E-state index in [1.165, 1.54) is 6.92 Å². The smallest absolute Gasteiger partial charge is 0.372 e. The van der Waals surface area contributed by atoms with Crippen molar-refractivity contribution in [1.82, 2.24) is 10.6 Å². The standard InChI is InChI=1S/C18H20F6N2O3/c1-3-15(27)26-14-7-13(25-16(14)28)8-29-9(2)10-4-11(17(19,20)21)6-12(5-10)18(22,23)24/h4-6,9,13-14H,3,7-8H2,1-2H3,(H,25,28)(H,26,27)/t9-,13-,14+/m1/s1. The third-order valence-corrected chi connectivity index (χ3v) is 4.47. The molecule has 0 spiro atoms. The molecule has 1 saturated heterocycles. The molecule has 29 heavy (non-hydrogen) atoms. The van der Waals surface area contributed by atoms with Gasteiger partial charge in [0.2, 0.25) is 11.8 Å². The van der Waals surface area contributed by atoms with Crippen molar-refractivity contribution in [3.05, 3.63) is 34.9 Å². The van der Waals surface area contributed by atoms with Gasteiger partial charge in [-0.15, -0.1) is 0 Å². The molecule has 11 heteroatoms. The van der Waals surface area contributed by atoms with Crippen LogP contribution in [0.15, 0.2) is 18.2 Å². The molecule has 2 N–H and O–H groups in total. The lowest BCUT2D eigenvalue weighted by atomic mass is 10.0. The molecule has 0 radical (unpaired) electrons. The summed E-state index contributed by atoms with van der Waals surface area (Å²) >= 11 is 0. The van der Waals surface area contributed by atoms with Crippen molar-refractivity contribution in [2.45, 2.75) is 57.2 Å². The van der Waals surface area contributed by atoms with E-state index < -0.39 is 47.6 Å². The van der Waals surface area contributed by atoms with Crippen LogP contribution >= 0.6 is 0 Å². The largest absolute Gasteiger partial charge is 0.416 e. The highest BCUT2D eigenvalue weighted by Gasteiger charge is 2.38. The molecule has 1 aliphatic heterocycles. The number of rotatable bonds is 6. The van der Waals surface area contributed by atoms with Crippen LogP contribution in [0.4, 0.5) is 26.3 Å². The van der Waals surface area contributed by atoms with Crippen LogP contribution in [0, 0.1) is 0 Å². The number of hydrogen-bond acceptors (Lipinski definition) is 3. The molecule has 1 aromatic carbocycles. The van der Waals surface area contributed by atoms with Gasteiger partial charge < -0.3 is 15.4 Å². The Morgan fingerprint density at radius 3 is 2.21 bits per heavy atom. The molecule has 1 aromatic rings. The minimum absolute atomic E-state index is 0.0500. The number of amides is 2. The molecule has 0 bridgehead atoms. The Labute approximate surface area is 162 Å². The summed E-state index contributed by atoms with van der Waals surface area (Å²) in [6.45, 7) is 2.81. The zero-order valence-electron chi connectivity index (χ0n) is 15.6. The Kier molecular flexibility index (Phi) is 6.82. The van der Waals surface area contributed by atoms with E-state index in [1.54, 1.807) is 6.92 Å². The zero-order chi connectivity index (χ0) is 22.0. The fraction of sp³-hybridized carbons (Fsp3) is 0.556. The SMILES string of the molecule is CCC(=O)N[C@H]1C[C@H](CO[C@H](C)c2cc(C(F)(F)F)cc(C(F)(F)F)c2)NC1=O. The van der Waals surface area contributed by atoms with Crippen LogP contribution in [0.1, 0.15) is 49.5 Å². The van der Waals surface area contributed by atoms with Gasteiger partial charge in [0.25, 0.3) is 0 Å². The van der Waals surface area contributed by atoms with Crippen LogP contribution in [0.3, 0.4) is 0 Å². The predicted octanol–water partition coefficient (Wildman–Crippen LogP) is 3.59. The van der Waals surface area contributed by atoms with Gasteiger partial charge in [-0.2, -0.15) is 26.3 Å². The van der Waals surface area contributed by atoms with Crippen molar-refractivity contribution < 1.29 is 40.7 Å². The second kappa shape index (κ2) is 8.60. The molecule has 5 nitrogen and oxygen atoms in total. The van der Waals surface area contributed by atoms with Gasteiger partial charge in [0, 0.05) is 6.42 Å². The number of carbonyl (C=O) groups excluding carboxylic acids is 2. The van der Waals surface area contributed by atoms with Gasteiger partial charge in [0.15, 0.2) is 0 Å². The topological polar surface area (TPSA) is 67.4 Å². The molecule has 2 rings (SSSR count). The summed E-state index contributed by atoms with van der Waals surface area (Å²) in [6, 6.07) is -0.0137. The first kappa shape index (κ1) is 23.0. The first-order chi connectivity index (χ1) is 13.3. The van der Waals surface area contributed by atoms with E-state index in [-0.39, 0.29) is 37.0 Å². The second-order valence-electron chi connectivity index (χ2n) is 6.73. The molecule has 1 aliphatic rings. The molecule has 2 amide bonds. The molecule has 3 atom stereocenters. The summed E-state index contributed by atoms with van der Waals surface area (Å²) in [5, 5.41) is 5.09. The van der Waals surface area contributed by atoms with Gasteiger partial charge in [-0.05, 0) is 37.1 Å². The summed E-state index contributed by atoms with van der Waals surface area (Å²) in [4.78, 5) is 23.2. The van der Waals surface area contributed by atoms with Crippen LogP contribution in [-0.4, -0.2) is 30.5 Å². The molecule has 0 unspecified atom stereocenters. The summed E-state index contributed by atoms with van der Waals surface area (Å²) in [5.74, 6) is -0.741. The predicted molar refractivity (Wildman–Crippen MR) is 89.6 cm³/mol. The Bertz CT molecular complexity index is 731. The van der Waals surface area contributed by atoms with Crippen molar-refractivity contribution in [2.24, 2.45) is 0 Å². The van der Waals surface area contributed by atoms with Gasteiger partial charge in [0.1, 0.15) is 6.04 Å². The lowest BCUT2D eigenvalue weighted by molar-refractivity contribution is -0.143. The van der Waals surface area contributed by atoms with Gasteiger partial charge in [-0.3, -0.25) is 9.59 Å². The minimum atomic E-state index is -4.94. The van der Waals surface area contributed by atoms with Crippen LogP contribution < -0.4 is 10.6 Å². The van der Waals surface area contributed by atoms with Gasteiger partial charge in [-0.25, -0.2) is 0 Å². The van der Waals surface area contributed by atoms with Gasteiger partial charge in [-0.1, -0.05) is 6.92 Å². The van der Waals surface area contributed by atoms with Gasteiger partial charge >= 0.3 is 12.4 Å². The molecule has 162 valence electrons. The second-order valence-corrected chi connectivity index (χ2v) is 6.73. The third-order valence-electron chi connectivity index (χ3n) is 4.47. The third kappa shape index (κ3) is 6.09. The Morgan fingerprint density at radius 1 is 1.17 bits per heavy atom. The van der Waals surface area contributed by atoms with Crippen molar-refractivity contribution in [3.63, 3.8) is 0 Å². The van der Waals surface area contributed by atoms with E-state index >= 15 is 0 Å². The Balaban J connectivity index is 2.08. The Morgan fingerprint density at radius 2 is 1.72 bits per heavy atom. The Hall–Kier alpha value is -2.30. The molecule has 0 aliphatic carbocycles. The van der Waals surface area contributed by atoms with Crippen LogP contribution in [0.2, 0.25) is 0 Å². The normalized spacial score (nSPS) is 21.0. The zero-order valence-corrected chi connectivity index (χ0v) is 15.6. The van der Waals surface area contributed by atoms with E-state index in [2.05, 4.69) is 10.6 Å². The number of hydrogen-bond donors (Lipinski definition) is 2. The average Bonchev–Trinajstić information content (AvgIpc) is 2.97. The molecular weight excluding hydrogens is 406 g/mol. The highest BCUT2D eigenvalue weighted by Crippen LogP contribution is 2.37. The lowest BCUT2D eigenvalue weighted by Gasteiger charge is -2.20. The molecule has 1 fully saturated rings. The van der Waals surface area contributed by atoms with Crippen molar-refractivity contribution in [1.29, 1.82) is 0 Å². The molecule has 0 aromatic heterocycles. The maximum absolute atomic E-state index is 13.0. The quantitative estimate of drug-likeness (QED) is 0.684. The van der Waals surface area contributed by atoms with E-state index in [1.807, 2.05) is 0 Å². The maximum atomic E-state index is 13.0. The van der Waals surface area contributed by atoms with Gasteiger partial charge in [0.05, 0.1) is 29.9 Å². The van der Waals surface area contributed by atoms with Crippen molar-refractivity contribution in [3.8, 4) is 0 Å². The summed E-state index contributed by atoms with van der Waals surface area (Å²) in [5.41, 5.74) is -3.13. The van der Waals surface area contributed by atoms with Crippen LogP contribution in [0.25, 0.3) is 0 Å². The summed E-state index contributed by atoms with van der Waals surface area (Å²) < 4.78 is 83.2. The monoisotopic (exact) mass is 426 g/mol. The van der Waals surface area contributed by atoms with Crippen molar-refractivity contribution >= 4 is 11.8 Å². The number of ether oxygens (including phenoxy) is 1. The van der Waals surface area contributed by atoms with Crippen molar-refractivity contribution in [2.75, 3.05) is 6.61 Å². The number of halogens is 6. The summed E-state index contributed by atoms with van der Waals surface area (Å²) in [7, 11) is 0. The fourth-order valence-corrected chi connectivity index (χ4v) is 2.85. The molecular formula is C18H20F6N2O3. The number of benzene rings is 1. The van der Waals surface area contributed by atoms with E-state index in [4.69, 9.17) is 4.74 Å². The maximum Gasteiger partial charge on any atom is 0.416 e. The highest BCUT2D eigenvalue weighted by molar-refractivity contribution is 5.89. The van der Waals surface area contributed by atoms with E-state index in [9.17, 15) is 35.9 Å². The molecule has 1 heterocycles. The van der Waals surface area contributed by atoms with E-state index in [0.29, 0.717) is 12.1 Å². The highest BCUT2D eigenvalue weighted by atomic mass is 19.4. The fourth-order valence-electron chi connectivity index (χ4n) is 2.85. The van der Waals surface area contributed by atoms with E-state index in [0.717, 1.165) is 0 Å². The number of carbonyl (C=O) groups is 2. The lowest BCUT2D eigenvalue weighted by Crippen LogP contribution is -2.39. The first-order valence-corrected chi connectivity index (χ1v) is 8.82. The molecule has 0 saturated carbocycles. The minimum Gasteiger partial charge on any atom is -0.372 e. The number of alkyl halides is 6. The first-order valence-electron chi connectivity index (χ1n) is 8.82. The average molecular weight is 426 g/mol. The van der Waals surface area contributed by atoms with Crippen LogP contribution in [0.5, 0.6) is 0 Å². The number of nitrogens with one attached hydrogen (secondary N) is 2. The van der Waals surface area contributed by atoms with Crippen LogP contribution in [-0.2, 0) is 26.7 Å².